The van der Waals surface area contributed by atoms with Gasteiger partial charge in [-0.1, -0.05) is 11.6 Å². The highest BCUT2D eigenvalue weighted by Gasteiger charge is 2.26. The monoisotopic (exact) mass is 482 g/mol. The van der Waals surface area contributed by atoms with E-state index in [0.717, 1.165) is 59.9 Å². The Kier molecular flexibility index (Phi) is 6.26. The highest BCUT2D eigenvalue weighted by atomic mass is 35.5. The van der Waals surface area contributed by atoms with E-state index in [-0.39, 0.29) is 6.04 Å². The van der Waals surface area contributed by atoms with Crippen LogP contribution in [-0.4, -0.2) is 70.3 Å². The van der Waals surface area contributed by atoms with E-state index in [0.29, 0.717) is 17.3 Å². The highest BCUT2D eigenvalue weighted by Crippen LogP contribution is 2.31. The lowest BCUT2D eigenvalue weighted by Crippen LogP contribution is -2.52. The van der Waals surface area contributed by atoms with E-state index in [1.54, 1.807) is 30.8 Å². The van der Waals surface area contributed by atoms with Gasteiger partial charge in [-0.3, -0.25) is 4.90 Å². The second kappa shape index (κ2) is 9.46. The average molecular weight is 483 g/mol. The van der Waals surface area contributed by atoms with Crippen LogP contribution in [0.25, 0.3) is 21.7 Å². The van der Waals surface area contributed by atoms with Crippen molar-refractivity contribution in [3.63, 3.8) is 0 Å². The second-order valence-electron chi connectivity index (χ2n) is 7.79. The van der Waals surface area contributed by atoms with Gasteiger partial charge in [0, 0.05) is 61.1 Å². The van der Waals surface area contributed by atoms with Gasteiger partial charge in [-0.05, 0) is 24.3 Å². The van der Waals surface area contributed by atoms with Crippen LogP contribution in [-0.2, 0) is 11.3 Å². The smallest absolute Gasteiger partial charge is 0.158 e. The molecule has 8 nitrogen and oxygen atoms in total. The van der Waals surface area contributed by atoms with Gasteiger partial charge in [0.05, 0.1) is 24.7 Å². The Balaban J connectivity index is 1.32. The Bertz CT molecular complexity index is 1250. The Labute approximate surface area is 200 Å². The lowest BCUT2D eigenvalue weighted by Gasteiger charge is -2.38. The largest absolute Gasteiger partial charge is 0.495 e. The summed E-state index contributed by atoms with van der Waals surface area (Å²) < 4.78 is 7.18. The molecule has 1 unspecified atom stereocenters. The van der Waals surface area contributed by atoms with Crippen molar-refractivity contribution in [1.82, 2.24) is 24.6 Å². The molecule has 0 bridgehead atoms. The van der Waals surface area contributed by atoms with Crippen LogP contribution in [0, 0.1) is 0 Å². The number of carbonyl (C=O) groups is 1. The van der Waals surface area contributed by atoms with Crippen molar-refractivity contribution in [3.8, 4) is 16.5 Å². The van der Waals surface area contributed by atoms with Gasteiger partial charge in [0.1, 0.15) is 22.7 Å². The van der Waals surface area contributed by atoms with Gasteiger partial charge < -0.3 is 14.4 Å². The first-order valence-corrected chi connectivity index (χ1v) is 11.9. The van der Waals surface area contributed by atoms with Crippen LogP contribution < -0.4 is 9.64 Å². The molecule has 5 rings (SSSR count). The van der Waals surface area contributed by atoms with Crippen molar-refractivity contribution in [3.05, 3.63) is 53.1 Å². The SMILES string of the molecule is COc1cc(N2CCN(C(C=O)Cn3nc(-c4nccs4)c4cccnc43)CC2)ccc1Cl. The number of fused-ring (bicyclic) bond motifs is 1. The number of carbonyl (C=O) groups excluding carboxylic acids is 1. The molecule has 1 atom stereocenters. The van der Waals surface area contributed by atoms with Crippen molar-refractivity contribution in [2.45, 2.75) is 12.6 Å². The van der Waals surface area contributed by atoms with Gasteiger partial charge in [0.25, 0.3) is 0 Å². The average Bonchev–Trinajstić information content (AvgIpc) is 3.51. The fourth-order valence-electron chi connectivity index (χ4n) is 4.21. The number of benzene rings is 1. The van der Waals surface area contributed by atoms with E-state index in [2.05, 4.69) is 19.8 Å². The summed E-state index contributed by atoms with van der Waals surface area (Å²) in [4.78, 5) is 25.5. The number of thiazole rings is 1. The number of aldehydes is 1. The van der Waals surface area contributed by atoms with Gasteiger partial charge in [0.15, 0.2) is 5.65 Å². The highest BCUT2D eigenvalue weighted by molar-refractivity contribution is 7.13. The Morgan fingerprint density at radius 1 is 1.18 bits per heavy atom. The predicted octanol–water partition coefficient (Wildman–Crippen LogP) is 3.61. The molecular weight excluding hydrogens is 460 g/mol. The summed E-state index contributed by atoms with van der Waals surface area (Å²) >= 11 is 7.71. The predicted molar refractivity (Wildman–Crippen MR) is 130 cm³/mol. The molecule has 33 heavy (non-hydrogen) atoms. The molecule has 0 aliphatic carbocycles. The molecule has 3 aromatic heterocycles. The summed E-state index contributed by atoms with van der Waals surface area (Å²) in [6.07, 6.45) is 4.53. The minimum absolute atomic E-state index is 0.291. The molecule has 1 saturated heterocycles. The minimum Gasteiger partial charge on any atom is -0.495 e. The molecule has 1 fully saturated rings. The minimum atomic E-state index is -0.291. The van der Waals surface area contributed by atoms with Gasteiger partial charge in [-0.25, -0.2) is 14.6 Å². The number of rotatable bonds is 7. The third-order valence-electron chi connectivity index (χ3n) is 5.94. The van der Waals surface area contributed by atoms with Crippen molar-refractivity contribution in [2.24, 2.45) is 0 Å². The second-order valence-corrected chi connectivity index (χ2v) is 9.09. The number of pyridine rings is 1. The standard InChI is InChI=1S/C23H23ClN6O2S/c1-32-20-13-16(4-5-19(20)24)28-8-10-29(11-9-28)17(15-31)14-30-22-18(3-2-6-25-22)21(27-30)23-26-7-12-33-23/h2-7,12-13,15,17H,8-11,14H2,1H3. The molecule has 0 saturated carbocycles. The van der Waals surface area contributed by atoms with Crippen LogP contribution in [0.5, 0.6) is 5.75 Å². The van der Waals surface area contributed by atoms with Crippen LogP contribution in [0.1, 0.15) is 0 Å². The molecule has 10 heteroatoms. The first-order chi connectivity index (χ1) is 16.2. The molecule has 1 aromatic carbocycles. The van der Waals surface area contributed by atoms with E-state index >= 15 is 0 Å². The van der Waals surface area contributed by atoms with E-state index < -0.39 is 0 Å². The number of anilines is 1. The summed E-state index contributed by atoms with van der Waals surface area (Å²) in [6, 6.07) is 9.41. The molecule has 4 aromatic rings. The summed E-state index contributed by atoms with van der Waals surface area (Å²) in [7, 11) is 1.62. The number of methoxy groups -OCH3 is 1. The zero-order valence-corrected chi connectivity index (χ0v) is 19.7. The first-order valence-electron chi connectivity index (χ1n) is 10.7. The lowest BCUT2D eigenvalue weighted by atomic mass is 10.2. The fraction of sp³-hybridized carbons (Fsp3) is 0.304. The van der Waals surface area contributed by atoms with Gasteiger partial charge in [-0.15, -0.1) is 11.3 Å². The van der Waals surface area contributed by atoms with Crippen LogP contribution in [0.2, 0.25) is 5.02 Å². The lowest BCUT2D eigenvalue weighted by molar-refractivity contribution is -0.113. The normalized spacial score (nSPS) is 15.6. The van der Waals surface area contributed by atoms with E-state index in [1.165, 1.54) is 0 Å². The molecular formula is C23H23ClN6O2S. The number of halogens is 1. The quantitative estimate of drug-likeness (QED) is 0.372. The zero-order chi connectivity index (χ0) is 22.8. The first kappa shape index (κ1) is 21.8. The molecule has 1 aliphatic heterocycles. The summed E-state index contributed by atoms with van der Waals surface area (Å²) in [5, 5.41) is 9.10. The zero-order valence-electron chi connectivity index (χ0n) is 18.1. The Morgan fingerprint density at radius 3 is 2.76 bits per heavy atom. The Hall–Kier alpha value is -3.01. The summed E-state index contributed by atoms with van der Waals surface area (Å²) in [5.74, 6) is 0.663. The maximum absolute atomic E-state index is 12.1. The number of hydrogen-bond acceptors (Lipinski definition) is 8. The van der Waals surface area contributed by atoms with E-state index in [1.807, 2.05) is 40.4 Å². The number of ether oxygens (including phenoxy) is 1. The van der Waals surface area contributed by atoms with Crippen molar-refractivity contribution in [1.29, 1.82) is 0 Å². The van der Waals surface area contributed by atoms with Crippen LogP contribution >= 0.6 is 22.9 Å². The molecule has 170 valence electrons. The number of nitrogens with zero attached hydrogens (tertiary/aromatic N) is 6. The van der Waals surface area contributed by atoms with Gasteiger partial charge >= 0.3 is 0 Å². The maximum Gasteiger partial charge on any atom is 0.158 e. The fourth-order valence-corrected chi connectivity index (χ4v) is 5.04. The molecule has 0 radical (unpaired) electrons. The summed E-state index contributed by atoms with van der Waals surface area (Å²) in [5.41, 5.74) is 2.63. The summed E-state index contributed by atoms with van der Waals surface area (Å²) in [6.45, 7) is 3.58. The maximum atomic E-state index is 12.1. The molecule has 4 heterocycles. The number of aromatic nitrogens is 4. The van der Waals surface area contributed by atoms with Crippen LogP contribution in [0.3, 0.4) is 0 Å². The van der Waals surface area contributed by atoms with Crippen molar-refractivity contribution >= 4 is 45.9 Å². The third-order valence-corrected chi connectivity index (χ3v) is 7.03. The number of piperazine rings is 1. The van der Waals surface area contributed by atoms with Crippen LogP contribution in [0.15, 0.2) is 48.1 Å². The molecule has 0 amide bonds. The number of hydrogen-bond donors (Lipinski definition) is 0. The van der Waals surface area contributed by atoms with E-state index in [4.69, 9.17) is 21.4 Å². The van der Waals surface area contributed by atoms with Crippen LogP contribution in [0.4, 0.5) is 5.69 Å². The van der Waals surface area contributed by atoms with Gasteiger partial charge in [-0.2, -0.15) is 5.10 Å². The Morgan fingerprint density at radius 2 is 2.03 bits per heavy atom. The van der Waals surface area contributed by atoms with Gasteiger partial charge in [0.2, 0.25) is 0 Å². The third kappa shape index (κ3) is 4.31. The van der Waals surface area contributed by atoms with Crippen molar-refractivity contribution < 1.29 is 9.53 Å². The molecule has 0 N–H and O–H groups in total. The topological polar surface area (TPSA) is 76.4 Å². The van der Waals surface area contributed by atoms with E-state index in [9.17, 15) is 4.79 Å². The molecule has 0 spiro atoms. The molecule has 1 aliphatic rings. The van der Waals surface area contributed by atoms with Crippen molar-refractivity contribution in [2.75, 3.05) is 38.2 Å².